The van der Waals surface area contributed by atoms with Crippen LogP contribution in [0, 0.1) is 12.7 Å². The number of nitrogens with zero attached hydrogens (tertiary/aromatic N) is 1. The summed E-state index contributed by atoms with van der Waals surface area (Å²) in [5.41, 5.74) is -0.567. The van der Waals surface area contributed by atoms with Crippen molar-refractivity contribution in [2.75, 3.05) is 0 Å². The van der Waals surface area contributed by atoms with Crippen LogP contribution in [0.15, 0.2) is 32.3 Å². The lowest BCUT2D eigenvalue weighted by Crippen LogP contribution is -2.33. The minimum atomic E-state index is -0.711. The fraction of sp³-hybridized carbons (Fsp3) is 0.0909. The topological polar surface area (TPSA) is 54.9 Å². The largest absolute Gasteiger partial charge is 0.334 e. The number of rotatable bonds is 1. The average molecular weight is 334 g/mol. The minimum absolute atomic E-state index is 0.0588. The number of aromatic amines is 1. The number of halogens is 3. The molecule has 1 N–H and O–H groups in total. The summed E-state index contributed by atoms with van der Waals surface area (Å²) in [5, 5.41) is -0.0588. The van der Waals surface area contributed by atoms with Gasteiger partial charge in [0.05, 0.1) is 10.2 Å². The molecule has 0 aliphatic carbocycles. The predicted octanol–water partition coefficient (Wildman–Crippen LogP) is 2.39. The highest BCUT2D eigenvalue weighted by atomic mass is 79.9. The third-order valence-corrected chi connectivity index (χ3v) is 3.19. The molecule has 2 aromatic rings. The smallest absolute Gasteiger partial charge is 0.297 e. The van der Waals surface area contributed by atoms with Crippen molar-refractivity contribution in [1.29, 1.82) is 0 Å². The Morgan fingerprint density at radius 2 is 2.00 bits per heavy atom. The number of nitrogens with one attached hydrogen (secondary N) is 1. The number of hydrogen-bond donors (Lipinski definition) is 1. The molecule has 1 heterocycles. The van der Waals surface area contributed by atoms with Crippen molar-refractivity contribution in [3.8, 4) is 5.69 Å². The van der Waals surface area contributed by atoms with E-state index in [2.05, 4.69) is 20.9 Å². The second-order valence-corrected chi connectivity index (χ2v) is 4.91. The molecule has 0 aliphatic rings. The van der Waals surface area contributed by atoms with E-state index in [1.54, 1.807) is 6.92 Å². The highest BCUT2D eigenvalue weighted by Gasteiger charge is 2.11. The molecule has 0 aliphatic heterocycles. The summed E-state index contributed by atoms with van der Waals surface area (Å²) in [6, 6.07) is 3.66. The highest BCUT2D eigenvalue weighted by Crippen LogP contribution is 2.21. The average Bonchev–Trinajstić information content (AvgIpc) is 2.24. The van der Waals surface area contributed by atoms with Gasteiger partial charge in [0, 0.05) is 6.07 Å². The monoisotopic (exact) mass is 332 g/mol. The van der Waals surface area contributed by atoms with E-state index in [0.29, 0.717) is 5.56 Å². The summed E-state index contributed by atoms with van der Waals surface area (Å²) in [6.45, 7) is 1.67. The molecule has 0 unspecified atom stereocenters. The van der Waals surface area contributed by atoms with Gasteiger partial charge in [-0.15, -0.1) is 0 Å². The van der Waals surface area contributed by atoms with E-state index in [1.807, 2.05) is 0 Å². The van der Waals surface area contributed by atoms with E-state index in [1.165, 1.54) is 6.07 Å². The summed E-state index contributed by atoms with van der Waals surface area (Å²) in [5.74, 6) is -0.558. The van der Waals surface area contributed by atoms with Crippen LogP contribution < -0.4 is 11.2 Å². The van der Waals surface area contributed by atoms with Crippen molar-refractivity contribution in [1.82, 2.24) is 9.55 Å². The van der Waals surface area contributed by atoms with Crippen LogP contribution in [0.4, 0.5) is 4.39 Å². The molecular formula is C11H7BrClFN2O2. The second-order valence-electron chi connectivity index (χ2n) is 3.65. The van der Waals surface area contributed by atoms with Crippen LogP contribution in [0.1, 0.15) is 5.56 Å². The molecule has 94 valence electrons. The number of aryl methyl sites for hydroxylation is 1. The van der Waals surface area contributed by atoms with Gasteiger partial charge in [0.25, 0.3) is 5.56 Å². The standard InChI is InChI=1S/C11H7BrClFN2O2/c1-5-2-6(12)7(14)3-8(5)16-10(17)4-9(13)15-11(16)18/h2-4H,1H3,(H,15,18). The van der Waals surface area contributed by atoms with Crippen LogP contribution >= 0.6 is 27.5 Å². The van der Waals surface area contributed by atoms with Crippen molar-refractivity contribution < 1.29 is 4.39 Å². The third-order valence-electron chi connectivity index (χ3n) is 2.38. The zero-order chi connectivity index (χ0) is 13.4. The molecule has 0 saturated carbocycles. The number of benzene rings is 1. The van der Waals surface area contributed by atoms with Gasteiger partial charge in [-0.1, -0.05) is 11.6 Å². The Balaban J connectivity index is 2.82. The molecule has 7 heteroatoms. The maximum atomic E-state index is 13.5. The van der Waals surface area contributed by atoms with Crippen LogP contribution in [-0.2, 0) is 0 Å². The van der Waals surface area contributed by atoms with E-state index in [9.17, 15) is 14.0 Å². The van der Waals surface area contributed by atoms with Gasteiger partial charge in [0.1, 0.15) is 11.0 Å². The first-order valence-electron chi connectivity index (χ1n) is 4.88. The van der Waals surface area contributed by atoms with Gasteiger partial charge in [-0.3, -0.25) is 9.78 Å². The van der Waals surface area contributed by atoms with Gasteiger partial charge in [-0.2, -0.15) is 0 Å². The number of hydrogen-bond acceptors (Lipinski definition) is 2. The Morgan fingerprint density at radius 3 is 2.61 bits per heavy atom. The predicted molar refractivity (Wildman–Crippen MR) is 70.1 cm³/mol. The summed E-state index contributed by atoms with van der Waals surface area (Å²) in [6.07, 6.45) is 0. The Bertz CT molecular complexity index is 708. The van der Waals surface area contributed by atoms with Gasteiger partial charge in [-0.05, 0) is 40.5 Å². The van der Waals surface area contributed by atoms with E-state index >= 15 is 0 Å². The van der Waals surface area contributed by atoms with Crippen molar-refractivity contribution >= 4 is 27.5 Å². The molecule has 1 aromatic heterocycles. The van der Waals surface area contributed by atoms with Crippen LogP contribution in [0.3, 0.4) is 0 Å². The lowest BCUT2D eigenvalue weighted by Gasteiger charge is -2.09. The molecule has 0 saturated heterocycles. The molecule has 2 rings (SSSR count). The summed E-state index contributed by atoms with van der Waals surface area (Å²) < 4.78 is 14.6. The van der Waals surface area contributed by atoms with Gasteiger partial charge < -0.3 is 0 Å². The fourth-order valence-electron chi connectivity index (χ4n) is 1.57. The molecule has 0 amide bonds. The maximum absolute atomic E-state index is 13.5. The lowest BCUT2D eigenvalue weighted by atomic mass is 10.2. The van der Waals surface area contributed by atoms with Gasteiger partial charge in [-0.25, -0.2) is 13.8 Å². The Labute approximate surface area is 114 Å². The summed E-state index contributed by atoms with van der Waals surface area (Å²) in [7, 11) is 0. The SMILES string of the molecule is Cc1cc(Br)c(F)cc1-n1c(=O)cc(Cl)[nH]c1=O. The van der Waals surface area contributed by atoms with Crippen LogP contribution in [0.2, 0.25) is 5.15 Å². The molecule has 0 bridgehead atoms. The fourth-order valence-corrected chi connectivity index (χ4v) is 2.20. The zero-order valence-electron chi connectivity index (χ0n) is 9.13. The van der Waals surface area contributed by atoms with Crippen molar-refractivity contribution in [2.24, 2.45) is 0 Å². The van der Waals surface area contributed by atoms with Crippen LogP contribution in [-0.4, -0.2) is 9.55 Å². The first-order valence-corrected chi connectivity index (χ1v) is 6.05. The van der Waals surface area contributed by atoms with Gasteiger partial charge in [0.2, 0.25) is 0 Å². The van der Waals surface area contributed by atoms with Crippen LogP contribution in [0.25, 0.3) is 5.69 Å². The maximum Gasteiger partial charge on any atom is 0.334 e. The lowest BCUT2D eigenvalue weighted by molar-refractivity contribution is 0.618. The summed E-state index contributed by atoms with van der Waals surface area (Å²) >= 11 is 8.59. The number of H-pyrrole nitrogens is 1. The molecular weight excluding hydrogens is 326 g/mol. The van der Waals surface area contributed by atoms with Gasteiger partial charge >= 0.3 is 5.69 Å². The molecule has 4 nitrogen and oxygen atoms in total. The highest BCUT2D eigenvalue weighted by molar-refractivity contribution is 9.10. The Morgan fingerprint density at radius 1 is 1.33 bits per heavy atom. The molecule has 0 atom stereocenters. The van der Waals surface area contributed by atoms with Crippen LogP contribution in [0.5, 0.6) is 0 Å². The normalized spacial score (nSPS) is 10.7. The van der Waals surface area contributed by atoms with Crippen molar-refractivity contribution in [3.63, 3.8) is 0 Å². The molecule has 0 fully saturated rings. The summed E-state index contributed by atoms with van der Waals surface area (Å²) in [4.78, 5) is 25.7. The molecule has 18 heavy (non-hydrogen) atoms. The van der Waals surface area contributed by atoms with E-state index in [-0.39, 0.29) is 15.3 Å². The second kappa shape index (κ2) is 4.70. The molecule has 1 aromatic carbocycles. The first kappa shape index (κ1) is 13.0. The quantitative estimate of drug-likeness (QED) is 0.815. The third kappa shape index (κ3) is 2.26. The van der Waals surface area contributed by atoms with Crippen molar-refractivity contribution in [3.05, 3.63) is 60.0 Å². The first-order chi connectivity index (χ1) is 8.40. The molecule has 0 spiro atoms. The minimum Gasteiger partial charge on any atom is -0.297 e. The zero-order valence-corrected chi connectivity index (χ0v) is 11.5. The Hall–Kier alpha value is -1.40. The van der Waals surface area contributed by atoms with Crippen molar-refractivity contribution in [2.45, 2.75) is 6.92 Å². The number of aromatic nitrogens is 2. The van der Waals surface area contributed by atoms with E-state index < -0.39 is 17.1 Å². The van der Waals surface area contributed by atoms with E-state index in [4.69, 9.17) is 11.6 Å². The molecule has 0 radical (unpaired) electrons. The Kier molecular flexibility index (Phi) is 3.41. The van der Waals surface area contributed by atoms with E-state index in [0.717, 1.165) is 16.7 Å². The van der Waals surface area contributed by atoms with Gasteiger partial charge in [0.15, 0.2) is 0 Å².